The van der Waals surface area contributed by atoms with Crippen LogP contribution in [-0.4, -0.2) is 11.7 Å². The quantitative estimate of drug-likeness (QED) is 0.803. The molecule has 0 atom stereocenters. The first kappa shape index (κ1) is 9.94. The Morgan fingerprint density at radius 2 is 2.14 bits per heavy atom. The third-order valence-electron chi connectivity index (χ3n) is 2.98. The summed E-state index contributed by atoms with van der Waals surface area (Å²) >= 11 is 6.03. The van der Waals surface area contributed by atoms with Gasteiger partial charge < -0.3 is 5.11 Å². The third-order valence-corrected chi connectivity index (χ3v) is 3.29. The smallest absolute Gasteiger partial charge is 0.126 e. The fourth-order valence-corrected chi connectivity index (χ4v) is 2.13. The van der Waals surface area contributed by atoms with Gasteiger partial charge in [0.15, 0.2) is 0 Å². The number of hydrogen-bond acceptors (Lipinski definition) is 1. The van der Waals surface area contributed by atoms with Crippen molar-refractivity contribution >= 4 is 11.6 Å². The van der Waals surface area contributed by atoms with Gasteiger partial charge in [-0.2, -0.15) is 0 Å². The van der Waals surface area contributed by atoms with E-state index in [4.69, 9.17) is 11.6 Å². The zero-order chi connectivity index (χ0) is 10.3. The molecule has 0 amide bonds. The lowest BCUT2D eigenvalue weighted by Gasteiger charge is -2.14. The SMILES string of the molecule is Cc1cc(Cl)c(C2(CO)CC2)cc1F. The minimum Gasteiger partial charge on any atom is -0.395 e. The molecule has 2 rings (SSSR count). The van der Waals surface area contributed by atoms with Crippen molar-refractivity contribution in [3.63, 3.8) is 0 Å². The first-order valence-corrected chi connectivity index (χ1v) is 5.04. The molecule has 1 aliphatic carbocycles. The van der Waals surface area contributed by atoms with Gasteiger partial charge >= 0.3 is 0 Å². The average molecular weight is 215 g/mol. The second kappa shape index (κ2) is 3.21. The van der Waals surface area contributed by atoms with Gasteiger partial charge in [0.2, 0.25) is 0 Å². The number of halogens is 2. The van der Waals surface area contributed by atoms with E-state index < -0.39 is 0 Å². The van der Waals surface area contributed by atoms with Gasteiger partial charge in [0.05, 0.1) is 6.61 Å². The molecule has 0 aliphatic heterocycles. The van der Waals surface area contributed by atoms with Gasteiger partial charge in [-0.1, -0.05) is 11.6 Å². The number of benzene rings is 1. The lowest BCUT2D eigenvalue weighted by atomic mass is 9.96. The van der Waals surface area contributed by atoms with Crippen molar-refractivity contribution in [1.29, 1.82) is 0 Å². The number of hydrogen-bond donors (Lipinski definition) is 1. The van der Waals surface area contributed by atoms with Crippen molar-refractivity contribution in [1.82, 2.24) is 0 Å². The first-order valence-electron chi connectivity index (χ1n) is 4.66. The number of rotatable bonds is 2. The molecule has 1 saturated carbocycles. The molecule has 1 aliphatic rings. The van der Waals surface area contributed by atoms with Gasteiger partial charge in [0.25, 0.3) is 0 Å². The van der Waals surface area contributed by atoms with E-state index in [2.05, 4.69) is 0 Å². The van der Waals surface area contributed by atoms with E-state index in [0.29, 0.717) is 10.6 Å². The van der Waals surface area contributed by atoms with Crippen LogP contribution in [0.3, 0.4) is 0 Å². The molecule has 0 aromatic heterocycles. The monoisotopic (exact) mass is 214 g/mol. The van der Waals surface area contributed by atoms with Gasteiger partial charge in [-0.05, 0) is 43.0 Å². The summed E-state index contributed by atoms with van der Waals surface area (Å²) in [5, 5.41) is 9.78. The maximum absolute atomic E-state index is 13.3. The van der Waals surface area contributed by atoms with E-state index in [1.54, 1.807) is 13.0 Å². The minimum atomic E-state index is -0.258. The zero-order valence-electron chi connectivity index (χ0n) is 7.98. The van der Waals surface area contributed by atoms with Crippen LogP contribution in [0.15, 0.2) is 12.1 Å². The Kier molecular flexibility index (Phi) is 2.28. The Bertz CT molecular complexity index is 372. The van der Waals surface area contributed by atoms with Crippen LogP contribution in [0.5, 0.6) is 0 Å². The lowest BCUT2D eigenvalue weighted by Crippen LogP contribution is -2.13. The van der Waals surface area contributed by atoms with Crippen molar-refractivity contribution in [2.75, 3.05) is 6.61 Å². The highest BCUT2D eigenvalue weighted by Gasteiger charge is 2.45. The van der Waals surface area contributed by atoms with E-state index in [0.717, 1.165) is 18.4 Å². The maximum Gasteiger partial charge on any atom is 0.126 e. The second-order valence-corrected chi connectivity index (χ2v) is 4.43. The summed E-state index contributed by atoms with van der Waals surface area (Å²) in [6, 6.07) is 3.09. The third kappa shape index (κ3) is 1.43. The fourth-order valence-electron chi connectivity index (χ4n) is 1.72. The fraction of sp³-hybridized carbons (Fsp3) is 0.455. The highest BCUT2D eigenvalue weighted by Crippen LogP contribution is 2.50. The van der Waals surface area contributed by atoms with E-state index in [1.807, 2.05) is 0 Å². The average Bonchev–Trinajstić information content (AvgIpc) is 2.92. The van der Waals surface area contributed by atoms with Gasteiger partial charge in [-0.3, -0.25) is 0 Å². The van der Waals surface area contributed by atoms with Gasteiger partial charge in [-0.25, -0.2) is 4.39 Å². The summed E-state index contributed by atoms with van der Waals surface area (Å²) in [6.07, 6.45) is 1.79. The summed E-state index contributed by atoms with van der Waals surface area (Å²) in [4.78, 5) is 0. The zero-order valence-corrected chi connectivity index (χ0v) is 8.74. The molecule has 14 heavy (non-hydrogen) atoms. The summed E-state index contributed by atoms with van der Waals surface area (Å²) in [6.45, 7) is 1.73. The van der Waals surface area contributed by atoms with Crippen LogP contribution in [0.25, 0.3) is 0 Å². The highest BCUT2D eigenvalue weighted by atomic mass is 35.5. The van der Waals surface area contributed by atoms with Crippen molar-refractivity contribution in [2.24, 2.45) is 0 Å². The molecule has 1 aromatic rings. The van der Waals surface area contributed by atoms with E-state index in [9.17, 15) is 9.50 Å². The van der Waals surface area contributed by atoms with Crippen molar-refractivity contribution in [3.8, 4) is 0 Å². The molecule has 0 unspecified atom stereocenters. The van der Waals surface area contributed by atoms with Crippen LogP contribution < -0.4 is 0 Å². The van der Waals surface area contributed by atoms with Crippen LogP contribution in [0.4, 0.5) is 4.39 Å². The molecule has 0 saturated heterocycles. The van der Waals surface area contributed by atoms with E-state index in [1.165, 1.54) is 6.07 Å². The van der Waals surface area contributed by atoms with E-state index >= 15 is 0 Å². The predicted octanol–water partition coefficient (Wildman–Crippen LogP) is 2.81. The molecule has 1 N–H and O–H groups in total. The van der Waals surface area contributed by atoms with Gasteiger partial charge in [-0.15, -0.1) is 0 Å². The highest BCUT2D eigenvalue weighted by molar-refractivity contribution is 6.31. The summed E-state index contributed by atoms with van der Waals surface area (Å²) in [5.74, 6) is -0.246. The topological polar surface area (TPSA) is 20.2 Å². The Balaban J connectivity index is 2.49. The van der Waals surface area contributed by atoms with Crippen LogP contribution in [0, 0.1) is 12.7 Å². The number of aryl methyl sites for hydroxylation is 1. The molecule has 1 aromatic carbocycles. The molecule has 0 spiro atoms. The predicted molar refractivity (Wildman–Crippen MR) is 54.1 cm³/mol. The normalized spacial score (nSPS) is 18.3. The molecule has 0 radical (unpaired) electrons. The minimum absolute atomic E-state index is 0.0508. The molecule has 76 valence electrons. The summed E-state index contributed by atoms with van der Waals surface area (Å²) in [5.41, 5.74) is 1.04. The summed E-state index contributed by atoms with van der Waals surface area (Å²) in [7, 11) is 0. The Hall–Kier alpha value is -0.600. The number of aliphatic hydroxyl groups is 1. The van der Waals surface area contributed by atoms with Crippen LogP contribution in [0.2, 0.25) is 5.02 Å². The number of aliphatic hydroxyl groups excluding tert-OH is 1. The first-order chi connectivity index (χ1) is 6.59. The van der Waals surface area contributed by atoms with Crippen molar-refractivity contribution in [3.05, 3.63) is 34.1 Å². The van der Waals surface area contributed by atoms with Gasteiger partial charge in [0.1, 0.15) is 5.82 Å². The Morgan fingerprint density at radius 1 is 1.50 bits per heavy atom. The van der Waals surface area contributed by atoms with E-state index in [-0.39, 0.29) is 17.8 Å². The standard InChI is InChI=1S/C11H12ClFO/c1-7-4-9(12)8(5-10(7)13)11(6-14)2-3-11/h4-5,14H,2-3,6H2,1H3. The maximum atomic E-state index is 13.3. The molecular weight excluding hydrogens is 203 g/mol. The van der Waals surface area contributed by atoms with Crippen LogP contribution in [0.1, 0.15) is 24.0 Å². The molecule has 0 bridgehead atoms. The largest absolute Gasteiger partial charge is 0.395 e. The Labute approximate surface area is 87.5 Å². The van der Waals surface area contributed by atoms with Crippen LogP contribution >= 0.6 is 11.6 Å². The molecule has 1 fully saturated rings. The Morgan fingerprint density at radius 3 is 2.64 bits per heavy atom. The lowest BCUT2D eigenvalue weighted by molar-refractivity contribution is 0.255. The molecule has 0 heterocycles. The van der Waals surface area contributed by atoms with Crippen molar-refractivity contribution in [2.45, 2.75) is 25.2 Å². The van der Waals surface area contributed by atoms with Crippen LogP contribution in [-0.2, 0) is 5.41 Å². The van der Waals surface area contributed by atoms with Gasteiger partial charge in [0, 0.05) is 10.4 Å². The van der Waals surface area contributed by atoms with Crippen molar-refractivity contribution < 1.29 is 9.50 Å². The molecule has 3 heteroatoms. The molecule has 1 nitrogen and oxygen atoms in total. The molecular formula is C11H12ClFO. The summed E-state index contributed by atoms with van der Waals surface area (Å²) < 4.78 is 13.3. The second-order valence-electron chi connectivity index (χ2n) is 4.02.